The van der Waals surface area contributed by atoms with Gasteiger partial charge < -0.3 is 9.72 Å². The number of para-hydroxylation sites is 2. The molecule has 1 N–H and O–H groups in total. The van der Waals surface area contributed by atoms with Gasteiger partial charge in [-0.05, 0) is 48.6 Å². The van der Waals surface area contributed by atoms with Gasteiger partial charge in [0.1, 0.15) is 5.75 Å². The molecule has 0 aliphatic rings. The van der Waals surface area contributed by atoms with Gasteiger partial charge in [-0.25, -0.2) is 4.98 Å². The van der Waals surface area contributed by atoms with Gasteiger partial charge in [0.25, 0.3) is 0 Å². The number of ether oxygens (including phenoxy) is 1. The predicted octanol–water partition coefficient (Wildman–Crippen LogP) is 5.56. The predicted molar refractivity (Wildman–Crippen MR) is 102 cm³/mol. The van der Waals surface area contributed by atoms with E-state index >= 15 is 0 Å². The summed E-state index contributed by atoms with van der Waals surface area (Å²) in [5.74, 6) is 2.49. The zero-order valence-electron chi connectivity index (χ0n) is 14.5. The van der Waals surface area contributed by atoms with Gasteiger partial charge >= 0.3 is 0 Å². The van der Waals surface area contributed by atoms with Gasteiger partial charge in [-0.1, -0.05) is 49.9 Å². The molecule has 1 heterocycles. The quantitative estimate of drug-likeness (QED) is 0.452. The summed E-state index contributed by atoms with van der Waals surface area (Å²) in [4.78, 5) is 7.93. The van der Waals surface area contributed by atoms with Crippen LogP contribution in [0.5, 0.6) is 5.75 Å². The molecule has 0 atom stereocenters. The average molecular weight is 340 g/mol. The van der Waals surface area contributed by atoms with E-state index in [9.17, 15) is 0 Å². The maximum atomic E-state index is 6.03. The molecule has 126 valence electrons. The number of aryl methyl sites for hydroxylation is 1. The molecule has 0 unspecified atom stereocenters. The van der Waals surface area contributed by atoms with Crippen molar-refractivity contribution in [2.75, 3.05) is 12.4 Å². The van der Waals surface area contributed by atoms with Gasteiger partial charge in [0, 0.05) is 5.75 Å². The maximum Gasteiger partial charge on any atom is 0.166 e. The molecule has 0 aliphatic heterocycles. The highest BCUT2D eigenvalue weighted by Gasteiger charge is 2.08. The summed E-state index contributed by atoms with van der Waals surface area (Å²) in [5, 5.41) is 0.981. The molecular weight excluding hydrogens is 316 g/mol. The number of nitrogens with zero attached hydrogens (tertiary/aromatic N) is 1. The molecule has 1 aromatic heterocycles. The number of hydrogen-bond acceptors (Lipinski definition) is 3. The highest BCUT2D eigenvalue weighted by molar-refractivity contribution is 7.99. The van der Waals surface area contributed by atoms with E-state index < -0.39 is 0 Å². The van der Waals surface area contributed by atoms with Gasteiger partial charge in [-0.3, -0.25) is 0 Å². The lowest BCUT2D eigenvalue weighted by molar-refractivity contribution is 0.314. The molecule has 3 aromatic rings. The summed E-state index contributed by atoms with van der Waals surface area (Å²) in [6.07, 6.45) is 0.993. The lowest BCUT2D eigenvalue weighted by Crippen LogP contribution is -2.02. The molecule has 3 rings (SSSR count). The second-order valence-corrected chi connectivity index (χ2v) is 7.39. The van der Waals surface area contributed by atoms with Crippen LogP contribution < -0.4 is 4.74 Å². The topological polar surface area (TPSA) is 37.9 Å². The number of aromatic nitrogens is 2. The van der Waals surface area contributed by atoms with E-state index in [1.165, 1.54) is 11.1 Å². The molecule has 0 bridgehead atoms. The number of rotatable bonds is 7. The summed E-state index contributed by atoms with van der Waals surface area (Å²) >= 11 is 1.75. The summed E-state index contributed by atoms with van der Waals surface area (Å²) in [5.41, 5.74) is 4.65. The Kier molecular flexibility index (Phi) is 5.46. The summed E-state index contributed by atoms with van der Waals surface area (Å²) in [6.45, 7) is 7.24. The second kappa shape index (κ2) is 7.75. The van der Waals surface area contributed by atoms with E-state index in [1.807, 2.05) is 18.2 Å². The Balaban J connectivity index is 1.50. The van der Waals surface area contributed by atoms with Gasteiger partial charge in [0.2, 0.25) is 0 Å². The SMILES string of the molecule is Cc1ccc(C(C)C)c(OCCCSc2nc3ccccc3[nH]2)c1. The van der Waals surface area contributed by atoms with Crippen LogP contribution in [0.1, 0.15) is 37.3 Å². The molecule has 0 saturated carbocycles. The molecule has 0 radical (unpaired) electrons. The Bertz CT molecular complexity index is 777. The lowest BCUT2D eigenvalue weighted by Gasteiger charge is -2.14. The third kappa shape index (κ3) is 4.12. The van der Waals surface area contributed by atoms with E-state index in [-0.39, 0.29) is 0 Å². The van der Waals surface area contributed by atoms with E-state index in [1.54, 1.807) is 11.8 Å². The fraction of sp³-hybridized carbons (Fsp3) is 0.350. The van der Waals surface area contributed by atoms with Crippen LogP contribution in [0.15, 0.2) is 47.6 Å². The first kappa shape index (κ1) is 16.9. The lowest BCUT2D eigenvalue weighted by atomic mass is 10.0. The van der Waals surface area contributed by atoms with Gasteiger partial charge in [-0.2, -0.15) is 0 Å². The van der Waals surface area contributed by atoms with Crippen molar-refractivity contribution in [3.63, 3.8) is 0 Å². The number of aromatic amines is 1. The van der Waals surface area contributed by atoms with Crippen molar-refractivity contribution < 1.29 is 4.74 Å². The molecule has 4 heteroatoms. The zero-order valence-corrected chi connectivity index (χ0v) is 15.3. The van der Waals surface area contributed by atoms with Crippen molar-refractivity contribution in [3.8, 4) is 5.75 Å². The summed E-state index contributed by atoms with van der Waals surface area (Å²) in [6, 6.07) is 14.6. The van der Waals surface area contributed by atoms with Crippen molar-refractivity contribution in [1.82, 2.24) is 9.97 Å². The summed E-state index contributed by atoms with van der Waals surface area (Å²) < 4.78 is 6.03. The average Bonchev–Trinajstić information content (AvgIpc) is 2.97. The van der Waals surface area contributed by atoms with E-state index in [4.69, 9.17) is 4.74 Å². The van der Waals surface area contributed by atoms with Crippen LogP contribution in [0.4, 0.5) is 0 Å². The standard InChI is InChI=1S/C20H24N2OS/c1-14(2)16-10-9-15(3)13-19(16)23-11-6-12-24-20-21-17-7-4-5-8-18(17)22-20/h4-5,7-10,13-14H,6,11-12H2,1-3H3,(H,21,22). The molecule has 0 fully saturated rings. The molecule has 0 aliphatic carbocycles. The van der Waals surface area contributed by atoms with Crippen molar-refractivity contribution in [2.24, 2.45) is 0 Å². The van der Waals surface area contributed by atoms with Crippen LogP contribution in [0.3, 0.4) is 0 Å². The molecule has 0 saturated heterocycles. The first-order valence-electron chi connectivity index (χ1n) is 8.44. The van der Waals surface area contributed by atoms with Crippen molar-refractivity contribution >= 4 is 22.8 Å². The Labute approximate surface area is 147 Å². The van der Waals surface area contributed by atoms with Gasteiger partial charge in [0.05, 0.1) is 17.6 Å². The molecule has 24 heavy (non-hydrogen) atoms. The summed E-state index contributed by atoms with van der Waals surface area (Å²) in [7, 11) is 0. The third-order valence-electron chi connectivity index (χ3n) is 3.94. The minimum atomic E-state index is 0.477. The fourth-order valence-electron chi connectivity index (χ4n) is 2.65. The highest BCUT2D eigenvalue weighted by atomic mass is 32.2. The second-order valence-electron chi connectivity index (χ2n) is 6.31. The van der Waals surface area contributed by atoms with Crippen LogP contribution in [0.25, 0.3) is 11.0 Å². The number of thioether (sulfide) groups is 1. The van der Waals surface area contributed by atoms with Gasteiger partial charge in [0.15, 0.2) is 5.16 Å². The van der Waals surface area contributed by atoms with E-state index in [2.05, 4.69) is 55.0 Å². The smallest absolute Gasteiger partial charge is 0.166 e. The van der Waals surface area contributed by atoms with Crippen molar-refractivity contribution in [1.29, 1.82) is 0 Å². The Morgan fingerprint density at radius 2 is 2.00 bits per heavy atom. The monoisotopic (exact) mass is 340 g/mol. The van der Waals surface area contributed by atoms with E-state index in [0.29, 0.717) is 5.92 Å². The molecule has 0 amide bonds. The molecule has 3 nitrogen and oxygen atoms in total. The van der Waals surface area contributed by atoms with Crippen molar-refractivity contribution in [3.05, 3.63) is 53.6 Å². The molecular formula is C20H24N2OS. The van der Waals surface area contributed by atoms with Crippen LogP contribution in [0, 0.1) is 6.92 Å². The zero-order chi connectivity index (χ0) is 16.9. The first-order valence-corrected chi connectivity index (χ1v) is 9.43. The Morgan fingerprint density at radius 3 is 2.79 bits per heavy atom. The van der Waals surface area contributed by atoms with Crippen molar-refractivity contribution in [2.45, 2.75) is 38.3 Å². The van der Waals surface area contributed by atoms with Crippen LogP contribution in [-0.4, -0.2) is 22.3 Å². The van der Waals surface area contributed by atoms with Crippen LogP contribution in [0.2, 0.25) is 0 Å². The minimum absolute atomic E-state index is 0.477. The molecule has 2 aromatic carbocycles. The number of imidazole rings is 1. The maximum absolute atomic E-state index is 6.03. The highest BCUT2D eigenvalue weighted by Crippen LogP contribution is 2.28. The first-order chi connectivity index (χ1) is 11.6. The Morgan fingerprint density at radius 1 is 1.17 bits per heavy atom. The number of fused-ring (bicyclic) bond motifs is 1. The van der Waals surface area contributed by atoms with E-state index in [0.717, 1.165) is 40.7 Å². The number of benzene rings is 2. The third-order valence-corrected chi connectivity index (χ3v) is 4.90. The van der Waals surface area contributed by atoms with Gasteiger partial charge in [-0.15, -0.1) is 0 Å². The van der Waals surface area contributed by atoms with Crippen LogP contribution in [-0.2, 0) is 0 Å². The van der Waals surface area contributed by atoms with Crippen LogP contribution >= 0.6 is 11.8 Å². The minimum Gasteiger partial charge on any atom is -0.493 e. The fourth-order valence-corrected chi connectivity index (χ4v) is 3.45. The largest absolute Gasteiger partial charge is 0.493 e. The number of nitrogens with one attached hydrogen (secondary N) is 1. The number of H-pyrrole nitrogens is 1. The molecule has 0 spiro atoms. The number of hydrogen-bond donors (Lipinski definition) is 1. The normalized spacial score (nSPS) is 11.3. The Hall–Kier alpha value is -1.94.